The molecule has 3 rings (SSSR count). The molecule has 1 aliphatic carbocycles. The number of rotatable bonds is 4. The number of nitrogens with zero attached hydrogens (tertiary/aromatic N) is 2. The molecular weight excluding hydrogens is 284 g/mol. The topological polar surface area (TPSA) is 39.7 Å². The second kappa shape index (κ2) is 7.82. The third-order valence-electron chi connectivity index (χ3n) is 5.37. The van der Waals surface area contributed by atoms with Crippen LogP contribution in [-0.4, -0.2) is 43.1 Å². The van der Waals surface area contributed by atoms with Crippen molar-refractivity contribution in [3.8, 4) is 0 Å². The zero-order valence-electron chi connectivity index (χ0n) is 14.5. The number of guanidine groups is 1. The maximum absolute atomic E-state index is 4.39. The zero-order chi connectivity index (χ0) is 16.1. The molecule has 1 unspecified atom stereocenters. The van der Waals surface area contributed by atoms with Crippen LogP contribution in [0.4, 0.5) is 0 Å². The lowest BCUT2D eigenvalue weighted by molar-refractivity contribution is 0.158. The number of likely N-dealkylation sites (tertiary alicyclic amines) is 1. The first-order valence-electron chi connectivity index (χ1n) is 9.05. The van der Waals surface area contributed by atoms with Crippen molar-refractivity contribution in [1.82, 2.24) is 15.5 Å². The van der Waals surface area contributed by atoms with Crippen LogP contribution in [0.5, 0.6) is 0 Å². The number of aliphatic imine (C=N–C) groups is 1. The SMILES string of the molecule is CN=C(NC1CCC1)NC1CCN(C(C)c2ccccc2)CC1. The van der Waals surface area contributed by atoms with Gasteiger partial charge in [-0.2, -0.15) is 0 Å². The largest absolute Gasteiger partial charge is 0.354 e. The lowest BCUT2D eigenvalue weighted by Crippen LogP contribution is -2.52. The summed E-state index contributed by atoms with van der Waals surface area (Å²) in [6.07, 6.45) is 6.29. The quantitative estimate of drug-likeness (QED) is 0.663. The van der Waals surface area contributed by atoms with Gasteiger partial charge in [0.15, 0.2) is 5.96 Å². The maximum atomic E-state index is 4.39. The molecule has 2 fully saturated rings. The van der Waals surface area contributed by atoms with Crippen LogP contribution in [0, 0.1) is 0 Å². The lowest BCUT2D eigenvalue weighted by Gasteiger charge is -2.37. The predicted molar refractivity (Wildman–Crippen MR) is 96.7 cm³/mol. The summed E-state index contributed by atoms with van der Waals surface area (Å²) in [5, 5.41) is 7.15. The predicted octanol–water partition coefficient (Wildman–Crippen LogP) is 2.93. The van der Waals surface area contributed by atoms with Gasteiger partial charge in [0, 0.05) is 38.3 Å². The fraction of sp³-hybridized carbons (Fsp3) is 0.632. The highest BCUT2D eigenvalue weighted by Gasteiger charge is 2.25. The van der Waals surface area contributed by atoms with E-state index < -0.39 is 0 Å². The summed E-state index contributed by atoms with van der Waals surface area (Å²) in [4.78, 5) is 6.98. The molecule has 1 aromatic carbocycles. The zero-order valence-corrected chi connectivity index (χ0v) is 14.5. The summed E-state index contributed by atoms with van der Waals surface area (Å²) in [5.74, 6) is 0.990. The first-order valence-corrected chi connectivity index (χ1v) is 9.05. The average Bonchev–Trinajstić information content (AvgIpc) is 2.57. The Morgan fingerprint density at radius 2 is 1.65 bits per heavy atom. The molecule has 4 nitrogen and oxygen atoms in total. The van der Waals surface area contributed by atoms with Gasteiger partial charge in [-0.15, -0.1) is 0 Å². The smallest absolute Gasteiger partial charge is 0.191 e. The summed E-state index contributed by atoms with van der Waals surface area (Å²) in [7, 11) is 1.88. The van der Waals surface area contributed by atoms with E-state index in [1.807, 2.05) is 7.05 Å². The fourth-order valence-electron chi connectivity index (χ4n) is 3.48. The Kier molecular flexibility index (Phi) is 5.55. The molecule has 1 heterocycles. The molecule has 1 saturated carbocycles. The molecule has 1 aromatic rings. The number of hydrogen-bond acceptors (Lipinski definition) is 2. The van der Waals surface area contributed by atoms with Gasteiger partial charge in [-0.1, -0.05) is 30.3 Å². The fourth-order valence-corrected chi connectivity index (χ4v) is 3.48. The Bertz CT molecular complexity index is 501. The van der Waals surface area contributed by atoms with Crippen LogP contribution < -0.4 is 10.6 Å². The van der Waals surface area contributed by atoms with E-state index in [1.165, 1.54) is 37.7 Å². The van der Waals surface area contributed by atoms with E-state index >= 15 is 0 Å². The van der Waals surface area contributed by atoms with Crippen LogP contribution in [0.15, 0.2) is 35.3 Å². The van der Waals surface area contributed by atoms with E-state index in [0.29, 0.717) is 18.1 Å². The Labute approximate surface area is 140 Å². The van der Waals surface area contributed by atoms with Gasteiger partial charge in [-0.25, -0.2) is 0 Å². The van der Waals surface area contributed by atoms with Crippen LogP contribution >= 0.6 is 0 Å². The molecule has 2 N–H and O–H groups in total. The Balaban J connectivity index is 1.46. The van der Waals surface area contributed by atoms with Crippen molar-refractivity contribution < 1.29 is 0 Å². The van der Waals surface area contributed by atoms with Gasteiger partial charge in [-0.05, 0) is 44.6 Å². The first-order chi connectivity index (χ1) is 11.3. The lowest BCUT2D eigenvalue weighted by atomic mass is 9.93. The Morgan fingerprint density at radius 3 is 2.17 bits per heavy atom. The van der Waals surface area contributed by atoms with Crippen molar-refractivity contribution in [3.05, 3.63) is 35.9 Å². The highest BCUT2D eigenvalue weighted by Crippen LogP contribution is 2.24. The molecule has 0 amide bonds. The van der Waals surface area contributed by atoms with Gasteiger partial charge in [0.2, 0.25) is 0 Å². The van der Waals surface area contributed by atoms with Gasteiger partial charge in [-0.3, -0.25) is 9.89 Å². The van der Waals surface area contributed by atoms with Crippen LogP contribution in [0.25, 0.3) is 0 Å². The van der Waals surface area contributed by atoms with Gasteiger partial charge < -0.3 is 10.6 Å². The third-order valence-corrected chi connectivity index (χ3v) is 5.37. The second-order valence-electron chi connectivity index (χ2n) is 6.89. The van der Waals surface area contributed by atoms with Crippen molar-refractivity contribution in [2.24, 2.45) is 4.99 Å². The third kappa shape index (κ3) is 4.25. The number of benzene rings is 1. The van der Waals surface area contributed by atoms with Gasteiger partial charge >= 0.3 is 0 Å². The molecule has 0 bridgehead atoms. The van der Waals surface area contributed by atoms with E-state index in [0.717, 1.165) is 19.0 Å². The molecule has 2 aliphatic rings. The minimum absolute atomic E-state index is 0.504. The van der Waals surface area contributed by atoms with Crippen LogP contribution in [0.3, 0.4) is 0 Å². The maximum Gasteiger partial charge on any atom is 0.191 e. The van der Waals surface area contributed by atoms with E-state index in [2.05, 4.69) is 57.8 Å². The highest BCUT2D eigenvalue weighted by atomic mass is 15.2. The van der Waals surface area contributed by atoms with E-state index in [9.17, 15) is 0 Å². The molecule has 1 aliphatic heterocycles. The Hall–Kier alpha value is -1.55. The summed E-state index contributed by atoms with van der Waals surface area (Å²) in [6, 6.07) is 12.5. The van der Waals surface area contributed by atoms with E-state index in [1.54, 1.807) is 0 Å². The average molecular weight is 314 g/mol. The second-order valence-corrected chi connectivity index (χ2v) is 6.89. The van der Waals surface area contributed by atoms with E-state index in [-0.39, 0.29) is 0 Å². The molecule has 1 saturated heterocycles. The molecule has 0 radical (unpaired) electrons. The monoisotopic (exact) mass is 314 g/mol. The number of hydrogen-bond donors (Lipinski definition) is 2. The van der Waals surface area contributed by atoms with E-state index in [4.69, 9.17) is 0 Å². The van der Waals surface area contributed by atoms with Crippen molar-refractivity contribution in [2.75, 3.05) is 20.1 Å². The Morgan fingerprint density at radius 1 is 1.04 bits per heavy atom. The molecule has 0 spiro atoms. The number of nitrogens with one attached hydrogen (secondary N) is 2. The minimum atomic E-state index is 0.504. The normalized spacial score (nSPS) is 22.4. The van der Waals surface area contributed by atoms with Crippen molar-refractivity contribution in [1.29, 1.82) is 0 Å². The summed E-state index contributed by atoms with van der Waals surface area (Å²) in [5.41, 5.74) is 1.42. The molecule has 1 atom stereocenters. The summed E-state index contributed by atoms with van der Waals surface area (Å²) in [6.45, 7) is 4.61. The van der Waals surface area contributed by atoms with Gasteiger partial charge in [0.05, 0.1) is 0 Å². The molecule has 4 heteroatoms. The van der Waals surface area contributed by atoms with Crippen molar-refractivity contribution in [2.45, 2.75) is 57.2 Å². The molecular formula is C19H30N4. The number of piperidine rings is 1. The van der Waals surface area contributed by atoms with Gasteiger partial charge in [0.25, 0.3) is 0 Å². The van der Waals surface area contributed by atoms with Crippen LogP contribution in [0.1, 0.15) is 50.6 Å². The highest BCUT2D eigenvalue weighted by molar-refractivity contribution is 5.80. The summed E-state index contributed by atoms with van der Waals surface area (Å²) >= 11 is 0. The van der Waals surface area contributed by atoms with Gasteiger partial charge in [0.1, 0.15) is 0 Å². The first kappa shape index (κ1) is 16.3. The van der Waals surface area contributed by atoms with Crippen LogP contribution in [-0.2, 0) is 0 Å². The molecule has 23 heavy (non-hydrogen) atoms. The van der Waals surface area contributed by atoms with Crippen molar-refractivity contribution >= 4 is 5.96 Å². The minimum Gasteiger partial charge on any atom is -0.354 e. The molecule has 126 valence electrons. The van der Waals surface area contributed by atoms with Crippen LogP contribution in [0.2, 0.25) is 0 Å². The summed E-state index contributed by atoms with van der Waals surface area (Å²) < 4.78 is 0. The standard InChI is InChI=1S/C19H30N4/c1-15(16-7-4-3-5-8-16)23-13-11-18(12-14-23)22-19(20-2)21-17-9-6-10-17/h3-5,7-8,15,17-18H,6,9-14H2,1-2H3,(H2,20,21,22). The van der Waals surface area contributed by atoms with Crippen molar-refractivity contribution in [3.63, 3.8) is 0 Å². The molecule has 0 aromatic heterocycles.